The molecule has 1 aliphatic heterocycles. The highest BCUT2D eigenvalue weighted by Gasteiger charge is 2.29. The second-order valence-electron chi connectivity index (χ2n) is 5.56. The summed E-state index contributed by atoms with van der Waals surface area (Å²) in [6, 6.07) is 5.89. The molecule has 2 aromatic rings. The molecule has 0 aliphatic carbocycles. The summed E-state index contributed by atoms with van der Waals surface area (Å²) in [7, 11) is 0. The molecule has 1 unspecified atom stereocenters. The largest absolute Gasteiger partial charge is 0.445 e. The normalized spacial score (nSPS) is 17.0. The molecule has 0 spiro atoms. The second kappa shape index (κ2) is 7.72. The number of halogens is 1. The lowest BCUT2D eigenvalue weighted by molar-refractivity contribution is 0.121. The van der Waals surface area contributed by atoms with Gasteiger partial charge in [-0.2, -0.15) is 5.10 Å². The van der Waals surface area contributed by atoms with Crippen LogP contribution in [0.5, 0.6) is 0 Å². The van der Waals surface area contributed by atoms with E-state index in [1.54, 1.807) is 22.3 Å². The van der Waals surface area contributed by atoms with Crippen LogP contribution >= 0.6 is 22.9 Å². The first-order valence-corrected chi connectivity index (χ1v) is 8.91. The van der Waals surface area contributed by atoms with Crippen molar-refractivity contribution in [3.05, 3.63) is 45.8 Å². The lowest BCUT2D eigenvalue weighted by Gasteiger charge is -2.15. The van der Waals surface area contributed by atoms with E-state index in [2.05, 4.69) is 22.1 Å². The zero-order valence-electron chi connectivity index (χ0n) is 13.1. The minimum absolute atomic E-state index is 0.226. The molecule has 1 amide bonds. The number of ether oxygens (including phenoxy) is 1. The van der Waals surface area contributed by atoms with Gasteiger partial charge >= 0.3 is 6.09 Å². The SMILES string of the molecule is C=CCOC(=O)N1CCC(c2cc(NCc3ccc(Cl)s3)[nH]n2)C1. The van der Waals surface area contributed by atoms with Gasteiger partial charge in [-0.05, 0) is 18.6 Å². The minimum Gasteiger partial charge on any atom is -0.445 e. The maximum atomic E-state index is 11.9. The van der Waals surface area contributed by atoms with Crippen LogP contribution in [0.4, 0.5) is 10.6 Å². The fraction of sp³-hybridized carbons (Fsp3) is 0.375. The third-order valence-corrected chi connectivity index (χ3v) is 5.10. The van der Waals surface area contributed by atoms with Crippen LogP contribution < -0.4 is 5.32 Å². The Kier molecular flexibility index (Phi) is 5.42. The Labute approximate surface area is 149 Å². The van der Waals surface area contributed by atoms with E-state index in [1.165, 1.54) is 0 Å². The van der Waals surface area contributed by atoms with Crippen molar-refractivity contribution in [1.82, 2.24) is 15.1 Å². The smallest absolute Gasteiger partial charge is 0.410 e. The summed E-state index contributed by atoms with van der Waals surface area (Å²) < 4.78 is 5.86. The maximum Gasteiger partial charge on any atom is 0.410 e. The number of rotatable bonds is 6. The average molecular weight is 367 g/mol. The number of aromatic nitrogens is 2. The molecule has 24 heavy (non-hydrogen) atoms. The molecular formula is C16H19ClN4O2S. The molecule has 128 valence electrons. The minimum atomic E-state index is -0.291. The Morgan fingerprint density at radius 3 is 3.25 bits per heavy atom. The van der Waals surface area contributed by atoms with E-state index < -0.39 is 0 Å². The molecule has 0 saturated carbocycles. The van der Waals surface area contributed by atoms with Crippen LogP contribution in [0.1, 0.15) is 22.9 Å². The number of nitrogens with zero attached hydrogens (tertiary/aromatic N) is 2. The van der Waals surface area contributed by atoms with Crippen LogP contribution in [0.2, 0.25) is 4.34 Å². The van der Waals surface area contributed by atoms with E-state index in [1.807, 2.05) is 18.2 Å². The number of carbonyl (C=O) groups excluding carboxylic acids is 1. The van der Waals surface area contributed by atoms with E-state index >= 15 is 0 Å². The average Bonchev–Trinajstić information content (AvgIpc) is 3.30. The van der Waals surface area contributed by atoms with E-state index in [0.717, 1.165) is 27.1 Å². The van der Waals surface area contributed by atoms with Crippen LogP contribution in [0.25, 0.3) is 0 Å². The summed E-state index contributed by atoms with van der Waals surface area (Å²) in [4.78, 5) is 14.7. The van der Waals surface area contributed by atoms with E-state index in [4.69, 9.17) is 16.3 Å². The Hall–Kier alpha value is -1.99. The van der Waals surface area contributed by atoms with Crippen molar-refractivity contribution in [3.8, 4) is 0 Å². The van der Waals surface area contributed by atoms with Crippen molar-refractivity contribution >= 4 is 34.8 Å². The number of amides is 1. The zero-order valence-corrected chi connectivity index (χ0v) is 14.7. The third-order valence-electron chi connectivity index (χ3n) is 3.87. The number of hydrogen-bond donors (Lipinski definition) is 2. The van der Waals surface area contributed by atoms with Crippen molar-refractivity contribution < 1.29 is 9.53 Å². The Balaban J connectivity index is 1.52. The molecule has 6 nitrogen and oxygen atoms in total. The second-order valence-corrected chi connectivity index (χ2v) is 7.36. The summed E-state index contributed by atoms with van der Waals surface area (Å²) >= 11 is 7.48. The van der Waals surface area contributed by atoms with Crippen LogP contribution in [0, 0.1) is 0 Å². The molecule has 3 heterocycles. The van der Waals surface area contributed by atoms with Gasteiger partial charge in [0.15, 0.2) is 0 Å². The molecule has 8 heteroatoms. The molecule has 3 rings (SSSR count). The Bertz CT molecular complexity index is 715. The summed E-state index contributed by atoms with van der Waals surface area (Å²) in [5.74, 6) is 1.09. The molecule has 0 radical (unpaired) electrons. The molecular weight excluding hydrogens is 348 g/mol. The van der Waals surface area contributed by atoms with Crippen molar-refractivity contribution in [3.63, 3.8) is 0 Å². The molecule has 1 fully saturated rings. The summed E-state index contributed by atoms with van der Waals surface area (Å²) in [5.41, 5.74) is 0.959. The van der Waals surface area contributed by atoms with Crippen molar-refractivity contribution in [1.29, 1.82) is 0 Å². The predicted octanol–water partition coefficient (Wildman–Crippen LogP) is 3.85. The highest BCUT2D eigenvalue weighted by atomic mass is 35.5. The monoisotopic (exact) mass is 366 g/mol. The van der Waals surface area contributed by atoms with Gasteiger partial charge in [-0.1, -0.05) is 24.3 Å². The first-order valence-electron chi connectivity index (χ1n) is 7.71. The summed E-state index contributed by atoms with van der Waals surface area (Å²) in [5, 5.41) is 10.7. The van der Waals surface area contributed by atoms with Gasteiger partial charge in [0, 0.05) is 30.0 Å². The van der Waals surface area contributed by atoms with Crippen LogP contribution in [-0.4, -0.2) is 40.9 Å². The third kappa shape index (κ3) is 4.10. The highest BCUT2D eigenvalue weighted by molar-refractivity contribution is 7.16. The summed E-state index contributed by atoms with van der Waals surface area (Å²) in [6.45, 7) is 5.79. The zero-order chi connectivity index (χ0) is 16.9. The molecule has 1 aliphatic rings. The van der Waals surface area contributed by atoms with Gasteiger partial charge in [0.1, 0.15) is 12.4 Å². The summed E-state index contributed by atoms with van der Waals surface area (Å²) in [6.07, 6.45) is 2.16. The molecule has 1 saturated heterocycles. The number of aromatic amines is 1. The lowest BCUT2D eigenvalue weighted by atomic mass is 10.1. The first-order chi connectivity index (χ1) is 11.7. The number of hydrogen-bond acceptors (Lipinski definition) is 5. The number of thiophene rings is 1. The topological polar surface area (TPSA) is 70.2 Å². The fourth-order valence-corrected chi connectivity index (χ4v) is 3.68. The number of H-pyrrole nitrogens is 1. The van der Waals surface area contributed by atoms with Crippen LogP contribution in [0.3, 0.4) is 0 Å². The van der Waals surface area contributed by atoms with Gasteiger partial charge in [-0.25, -0.2) is 4.79 Å². The van der Waals surface area contributed by atoms with Gasteiger partial charge in [0.05, 0.1) is 16.6 Å². The molecule has 2 aromatic heterocycles. The van der Waals surface area contributed by atoms with E-state index in [-0.39, 0.29) is 18.6 Å². The van der Waals surface area contributed by atoms with E-state index in [0.29, 0.717) is 19.6 Å². The first kappa shape index (κ1) is 16.9. The maximum absolute atomic E-state index is 11.9. The van der Waals surface area contributed by atoms with Gasteiger partial charge in [0.25, 0.3) is 0 Å². The Morgan fingerprint density at radius 2 is 2.50 bits per heavy atom. The predicted molar refractivity (Wildman–Crippen MR) is 95.7 cm³/mol. The fourth-order valence-electron chi connectivity index (χ4n) is 2.66. The van der Waals surface area contributed by atoms with E-state index in [9.17, 15) is 4.79 Å². The number of carbonyl (C=O) groups is 1. The van der Waals surface area contributed by atoms with Crippen molar-refractivity contribution in [2.75, 3.05) is 25.0 Å². The van der Waals surface area contributed by atoms with Crippen LogP contribution in [-0.2, 0) is 11.3 Å². The highest BCUT2D eigenvalue weighted by Crippen LogP contribution is 2.28. The van der Waals surface area contributed by atoms with Gasteiger partial charge in [-0.3, -0.25) is 5.10 Å². The standard InChI is InChI=1S/C16H19ClN4O2S/c1-2-7-23-16(22)21-6-5-11(10-21)13-8-15(20-19-13)18-9-12-3-4-14(17)24-12/h2-4,8,11H,1,5-7,9-10H2,(H2,18,19,20). The molecule has 1 atom stereocenters. The van der Waals surface area contributed by atoms with Crippen molar-refractivity contribution in [2.45, 2.75) is 18.9 Å². The number of anilines is 1. The number of likely N-dealkylation sites (tertiary alicyclic amines) is 1. The van der Waals surface area contributed by atoms with Crippen molar-refractivity contribution in [2.24, 2.45) is 0 Å². The number of nitrogens with one attached hydrogen (secondary N) is 2. The van der Waals surface area contributed by atoms with Gasteiger partial charge in [0.2, 0.25) is 0 Å². The van der Waals surface area contributed by atoms with Crippen LogP contribution in [0.15, 0.2) is 30.9 Å². The lowest BCUT2D eigenvalue weighted by Crippen LogP contribution is -2.29. The van der Waals surface area contributed by atoms with Gasteiger partial charge < -0.3 is 15.0 Å². The molecule has 0 bridgehead atoms. The Morgan fingerprint density at radius 1 is 1.62 bits per heavy atom. The quantitative estimate of drug-likeness (QED) is 0.762. The van der Waals surface area contributed by atoms with Gasteiger partial charge in [-0.15, -0.1) is 11.3 Å². The molecule has 2 N–H and O–H groups in total. The molecule has 0 aromatic carbocycles.